The lowest BCUT2D eigenvalue weighted by Gasteiger charge is -2.27. The lowest BCUT2D eigenvalue weighted by Crippen LogP contribution is -2.60. The van der Waals surface area contributed by atoms with E-state index in [0.29, 0.717) is 13.1 Å². The molecule has 1 fully saturated rings. The molecule has 39 heavy (non-hydrogen) atoms. The zero-order chi connectivity index (χ0) is 28.4. The van der Waals surface area contributed by atoms with Crippen molar-refractivity contribution < 1.29 is 24.3 Å². The van der Waals surface area contributed by atoms with Gasteiger partial charge in [0.15, 0.2) is 0 Å². The third-order valence-electron chi connectivity index (χ3n) is 6.59. The Morgan fingerprint density at radius 3 is 2.00 bits per heavy atom. The summed E-state index contributed by atoms with van der Waals surface area (Å²) >= 11 is 0. The van der Waals surface area contributed by atoms with E-state index in [1.54, 1.807) is 0 Å². The highest BCUT2D eigenvalue weighted by Crippen LogP contribution is 2.09. The van der Waals surface area contributed by atoms with Gasteiger partial charge in [-0.1, -0.05) is 74.5 Å². The summed E-state index contributed by atoms with van der Waals surface area (Å²) in [5, 5.41) is 21.3. The molecule has 0 radical (unpaired) electrons. The third kappa shape index (κ3) is 9.19. The van der Waals surface area contributed by atoms with Gasteiger partial charge in [-0.15, -0.1) is 0 Å². The van der Waals surface area contributed by atoms with E-state index in [9.17, 15) is 24.3 Å². The minimum atomic E-state index is -1.22. The quantitative estimate of drug-likeness (QED) is 0.360. The SMILES string of the molecule is CC(C)[C@H]1NC(=O)CN(Cc2ccccc2)CCNC(=O)[C@H]([C@@H](C)O)NC(=O)[C@H](Cc2ccccc2)NC1=O. The monoisotopic (exact) mass is 537 g/mol. The van der Waals surface area contributed by atoms with Gasteiger partial charge in [-0.2, -0.15) is 0 Å². The second-order valence-electron chi connectivity index (χ2n) is 10.3. The number of nitrogens with one attached hydrogen (secondary N) is 4. The molecule has 210 valence electrons. The van der Waals surface area contributed by atoms with Gasteiger partial charge >= 0.3 is 0 Å². The molecule has 4 amide bonds. The van der Waals surface area contributed by atoms with Crippen molar-refractivity contribution in [2.75, 3.05) is 19.6 Å². The molecule has 0 unspecified atom stereocenters. The fraction of sp³-hybridized carbons (Fsp3) is 0.448. The van der Waals surface area contributed by atoms with Gasteiger partial charge in [-0.25, -0.2) is 0 Å². The summed E-state index contributed by atoms with van der Waals surface area (Å²) < 4.78 is 0. The van der Waals surface area contributed by atoms with Crippen LogP contribution in [0.15, 0.2) is 60.7 Å². The molecule has 0 aromatic heterocycles. The first-order valence-corrected chi connectivity index (χ1v) is 13.3. The maximum atomic E-state index is 13.4. The number of carbonyl (C=O) groups excluding carboxylic acids is 4. The Kier molecular flexibility index (Phi) is 11.0. The molecule has 10 heteroatoms. The normalized spacial score (nSPS) is 23.1. The van der Waals surface area contributed by atoms with Crippen LogP contribution in [0.3, 0.4) is 0 Å². The second kappa shape index (κ2) is 14.4. The summed E-state index contributed by atoms with van der Waals surface area (Å²) in [4.78, 5) is 54.7. The highest BCUT2D eigenvalue weighted by molar-refractivity contribution is 5.95. The Morgan fingerprint density at radius 1 is 0.795 bits per heavy atom. The summed E-state index contributed by atoms with van der Waals surface area (Å²) in [6.45, 7) is 6.05. The highest BCUT2D eigenvalue weighted by atomic mass is 16.3. The molecule has 1 saturated heterocycles. The molecule has 0 bridgehead atoms. The molecule has 2 aromatic rings. The van der Waals surface area contributed by atoms with Gasteiger partial charge in [0.05, 0.1) is 12.6 Å². The Hall–Kier alpha value is -3.76. The third-order valence-corrected chi connectivity index (χ3v) is 6.59. The van der Waals surface area contributed by atoms with Crippen LogP contribution in [-0.2, 0) is 32.1 Å². The van der Waals surface area contributed by atoms with Crippen LogP contribution in [0.25, 0.3) is 0 Å². The molecule has 0 saturated carbocycles. The first kappa shape index (κ1) is 29.8. The zero-order valence-electron chi connectivity index (χ0n) is 22.7. The molecule has 1 heterocycles. The smallest absolute Gasteiger partial charge is 0.245 e. The van der Waals surface area contributed by atoms with Crippen molar-refractivity contribution in [2.45, 2.75) is 58.0 Å². The van der Waals surface area contributed by atoms with Gasteiger partial charge in [0, 0.05) is 26.1 Å². The average molecular weight is 538 g/mol. The van der Waals surface area contributed by atoms with Gasteiger partial charge in [0.25, 0.3) is 0 Å². The fourth-order valence-corrected chi connectivity index (χ4v) is 4.44. The molecular weight excluding hydrogens is 498 g/mol. The molecule has 1 aliphatic rings. The van der Waals surface area contributed by atoms with Crippen molar-refractivity contribution in [3.63, 3.8) is 0 Å². The van der Waals surface area contributed by atoms with Crippen LogP contribution >= 0.6 is 0 Å². The summed E-state index contributed by atoms with van der Waals surface area (Å²) in [6.07, 6.45) is -1.01. The molecule has 4 atom stereocenters. The van der Waals surface area contributed by atoms with E-state index in [2.05, 4.69) is 21.3 Å². The van der Waals surface area contributed by atoms with E-state index >= 15 is 0 Å². The summed E-state index contributed by atoms with van der Waals surface area (Å²) in [5.74, 6) is -2.25. The molecule has 10 nitrogen and oxygen atoms in total. The summed E-state index contributed by atoms with van der Waals surface area (Å²) in [6, 6.07) is 15.6. The number of amides is 4. The van der Waals surface area contributed by atoms with E-state index < -0.39 is 42.0 Å². The van der Waals surface area contributed by atoms with Crippen LogP contribution in [0.4, 0.5) is 0 Å². The first-order valence-electron chi connectivity index (χ1n) is 13.3. The molecule has 3 rings (SSSR count). The number of nitrogens with zero attached hydrogens (tertiary/aromatic N) is 1. The lowest BCUT2D eigenvalue weighted by molar-refractivity contribution is -0.135. The maximum Gasteiger partial charge on any atom is 0.245 e. The molecule has 2 aromatic carbocycles. The minimum Gasteiger partial charge on any atom is -0.391 e. The Labute approximate surface area is 229 Å². The average Bonchev–Trinajstić information content (AvgIpc) is 2.90. The fourth-order valence-electron chi connectivity index (χ4n) is 4.44. The lowest BCUT2D eigenvalue weighted by atomic mass is 10.0. The predicted molar refractivity (Wildman–Crippen MR) is 147 cm³/mol. The number of benzene rings is 2. The van der Waals surface area contributed by atoms with E-state index in [0.717, 1.165) is 11.1 Å². The van der Waals surface area contributed by atoms with E-state index in [4.69, 9.17) is 0 Å². The van der Waals surface area contributed by atoms with Crippen LogP contribution < -0.4 is 21.3 Å². The van der Waals surface area contributed by atoms with Crippen LogP contribution in [0.5, 0.6) is 0 Å². The van der Waals surface area contributed by atoms with E-state index in [1.807, 2.05) is 79.4 Å². The largest absolute Gasteiger partial charge is 0.391 e. The second-order valence-corrected chi connectivity index (χ2v) is 10.3. The van der Waals surface area contributed by atoms with Crippen LogP contribution in [-0.4, -0.2) is 77.5 Å². The number of carbonyl (C=O) groups is 4. The van der Waals surface area contributed by atoms with Gasteiger partial charge in [0.1, 0.15) is 18.1 Å². The van der Waals surface area contributed by atoms with E-state index in [-0.39, 0.29) is 31.3 Å². The molecule has 5 N–H and O–H groups in total. The number of aliphatic hydroxyl groups excluding tert-OH is 1. The number of hydrogen-bond donors (Lipinski definition) is 5. The van der Waals surface area contributed by atoms with Crippen molar-refractivity contribution in [1.29, 1.82) is 0 Å². The topological polar surface area (TPSA) is 140 Å². The van der Waals surface area contributed by atoms with Crippen LogP contribution in [0.2, 0.25) is 0 Å². The van der Waals surface area contributed by atoms with Crippen molar-refractivity contribution >= 4 is 23.6 Å². The summed E-state index contributed by atoms with van der Waals surface area (Å²) in [7, 11) is 0. The van der Waals surface area contributed by atoms with Crippen molar-refractivity contribution in [1.82, 2.24) is 26.2 Å². The Balaban J connectivity index is 1.89. The first-order chi connectivity index (χ1) is 18.6. The Morgan fingerprint density at radius 2 is 1.41 bits per heavy atom. The zero-order valence-corrected chi connectivity index (χ0v) is 22.7. The molecular formula is C29H39N5O5. The number of aliphatic hydroxyl groups is 1. The molecule has 0 spiro atoms. The summed E-state index contributed by atoms with van der Waals surface area (Å²) in [5.41, 5.74) is 1.79. The van der Waals surface area contributed by atoms with Crippen molar-refractivity contribution in [2.24, 2.45) is 5.92 Å². The van der Waals surface area contributed by atoms with Gasteiger partial charge in [0.2, 0.25) is 23.6 Å². The van der Waals surface area contributed by atoms with Crippen LogP contribution in [0.1, 0.15) is 31.9 Å². The number of hydrogen-bond acceptors (Lipinski definition) is 6. The van der Waals surface area contributed by atoms with E-state index in [1.165, 1.54) is 6.92 Å². The standard InChI is InChI=1S/C29H39N5O5/c1-19(2)25-29(39)31-23(16-21-10-6-4-7-11-21)27(37)33-26(20(3)35)28(38)30-14-15-34(18-24(36)32-25)17-22-12-8-5-9-13-22/h4-13,19-20,23,25-26,35H,14-18H2,1-3H3,(H,30,38)(H,31,39)(H,32,36)(H,33,37)/t20-,23+,25-,26+/m1/s1. The minimum absolute atomic E-state index is 0.00568. The Bertz CT molecular complexity index is 1110. The highest BCUT2D eigenvalue weighted by Gasteiger charge is 2.33. The van der Waals surface area contributed by atoms with Gasteiger partial charge in [-0.05, 0) is 24.0 Å². The maximum absolute atomic E-state index is 13.4. The predicted octanol–water partition coefficient (Wildman–Crippen LogP) is 0.352. The van der Waals surface area contributed by atoms with Crippen molar-refractivity contribution in [3.05, 3.63) is 71.8 Å². The van der Waals surface area contributed by atoms with Gasteiger partial charge in [-0.3, -0.25) is 24.1 Å². The molecule has 1 aliphatic heterocycles. The van der Waals surface area contributed by atoms with Crippen molar-refractivity contribution in [3.8, 4) is 0 Å². The molecule has 0 aliphatic carbocycles. The number of rotatable bonds is 6. The van der Waals surface area contributed by atoms with Gasteiger partial charge < -0.3 is 26.4 Å². The van der Waals surface area contributed by atoms with Crippen LogP contribution in [0, 0.1) is 5.92 Å².